The smallest absolute Gasteiger partial charge is 0.230 e. The molecule has 0 bridgehead atoms. The van der Waals surface area contributed by atoms with Crippen molar-refractivity contribution in [1.82, 2.24) is 5.32 Å². The van der Waals surface area contributed by atoms with Gasteiger partial charge in [0.1, 0.15) is 0 Å². The fraction of sp³-hybridized carbons (Fsp3) is 0.833. The van der Waals surface area contributed by atoms with Gasteiger partial charge in [0, 0.05) is 17.9 Å². The molecule has 0 atom stereocenters. The number of amides is 1. The first-order valence-corrected chi connectivity index (χ1v) is 3.60. The molecule has 1 N–H and O–H groups in total. The summed E-state index contributed by atoms with van der Waals surface area (Å²) in [7, 11) is 0. The van der Waals surface area contributed by atoms with Crippen LogP contribution in [0.2, 0.25) is 0 Å². The summed E-state index contributed by atoms with van der Waals surface area (Å²) in [5.74, 6) is -0.959. The van der Waals surface area contributed by atoms with Crippen LogP contribution in [0.4, 0.5) is 0 Å². The van der Waals surface area contributed by atoms with Gasteiger partial charge in [0.05, 0.1) is 4.43 Å². The number of carbonyl (C=O) groups is 1. The topological polar surface area (TPSA) is 29.1 Å². The molecule has 0 aliphatic carbocycles. The minimum Gasteiger partial charge on any atom is -0.351 e. The molecule has 0 aromatic rings. The van der Waals surface area contributed by atoms with Gasteiger partial charge in [0.2, 0.25) is 5.91 Å². The van der Waals surface area contributed by atoms with Gasteiger partial charge in [0.15, 0.2) is 0 Å². The summed E-state index contributed by atoms with van der Waals surface area (Å²) < 4.78 is 64.7. The molecule has 0 fully saturated rings. The summed E-state index contributed by atoms with van der Waals surface area (Å²) in [5, 5.41) is 1.67. The SMILES string of the molecule is [2H]C([2H])([2H])C(NC(=O)CI)(C([2H])([2H])[2H])C([2H])([2H])[2H]. The molecule has 0 aliphatic rings. The third kappa shape index (κ3) is 6.08. The van der Waals surface area contributed by atoms with E-state index in [-0.39, 0.29) is 4.43 Å². The number of rotatable bonds is 1. The van der Waals surface area contributed by atoms with E-state index in [2.05, 4.69) is 0 Å². The molecule has 0 saturated heterocycles. The minimum absolute atomic E-state index is 0.248. The predicted octanol–water partition coefficient (Wildman–Crippen LogP) is 1.34. The Morgan fingerprint density at radius 1 is 1.78 bits per heavy atom. The molecule has 0 saturated carbocycles. The van der Waals surface area contributed by atoms with E-state index in [1.807, 2.05) is 0 Å². The summed E-state index contributed by atoms with van der Waals surface area (Å²) in [6, 6.07) is 0. The molecular formula is C6H12INO. The predicted molar refractivity (Wildman–Crippen MR) is 46.8 cm³/mol. The van der Waals surface area contributed by atoms with Gasteiger partial charge in [0.25, 0.3) is 0 Å². The number of halogens is 1. The lowest BCUT2D eigenvalue weighted by molar-refractivity contribution is -0.119. The Hall–Kier alpha value is 0.200. The van der Waals surface area contributed by atoms with Crippen molar-refractivity contribution >= 4 is 28.5 Å². The van der Waals surface area contributed by atoms with Crippen LogP contribution in [0.25, 0.3) is 0 Å². The highest BCUT2D eigenvalue weighted by Gasteiger charge is 2.11. The molecule has 54 valence electrons. The highest BCUT2D eigenvalue weighted by molar-refractivity contribution is 14.1. The highest BCUT2D eigenvalue weighted by Crippen LogP contribution is 1.98. The normalized spacial score (nSPS) is 30.1. The number of carbonyl (C=O) groups excluding carboxylic acids is 1. The average Bonchev–Trinajstić information content (AvgIpc) is 2.07. The van der Waals surface area contributed by atoms with Crippen molar-refractivity contribution in [2.75, 3.05) is 4.43 Å². The molecule has 0 heterocycles. The molecule has 0 aromatic heterocycles. The third-order valence-corrected chi connectivity index (χ3v) is 1.14. The monoisotopic (exact) mass is 250 g/mol. The highest BCUT2D eigenvalue weighted by atomic mass is 127. The zero-order chi connectivity index (χ0) is 15.0. The Balaban J connectivity index is 6.00. The molecule has 1 amide bonds. The van der Waals surface area contributed by atoms with E-state index in [0.29, 0.717) is 0 Å². The summed E-state index contributed by atoms with van der Waals surface area (Å²) >= 11 is 1.57. The van der Waals surface area contributed by atoms with Gasteiger partial charge in [-0.25, -0.2) is 0 Å². The number of hydrogen-bond acceptors (Lipinski definition) is 1. The van der Waals surface area contributed by atoms with Gasteiger partial charge in [-0.15, -0.1) is 0 Å². The maximum atomic E-state index is 11.3. The summed E-state index contributed by atoms with van der Waals surface area (Å²) in [5.41, 5.74) is -3.27. The van der Waals surface area contributed by atoms with Crippen molar-refractivity contribution in [3.8, 4) is 0 Å². The minimum atomic E-state index is -3.40. The molecule has 0 aromatic carbocycles. The molecule has 3 heteroatoms. The average molecular weight is 250 g/mol. The summed E-state index contributed by atoms with van der Waals surface area (Å²) in [6.07, 6.45) is 0. The van der Waals surface area contributed by atoms with Crippen molar-refractivity contribution in [1.29, 1.82) is 0 Å². The number of hydrogen-bond donors (Lipinski definition) is 1. The van der Waals surface area contributed by atoms with Gasteiger partial charge >= 0.3 is 0 Å². The number of alkyl halides is 1. The van der Waals surface area contributed by atoms with E-state index < -0.39 is 32.0 Å². The van der Waals surface area contributed by atoms with Gasteiger partial charge in [-0.05, 0) is 20.6 Å². The molecule has 2 nitrogen and oxygen atoms in total. The van der Waals surface area contributed by atoms with E-state index in [9.17, 15) is 4.79 Å². The van der Waals surface area contributed by atoms with Crippen LogP contribution in [0.15, 0.2) is 0 Å². The Morgan fingerprint density at radius 3 is 2.67 bits per heavy atom. The fourth-order valence-electron chi connectivity index (χ4n) is 0.243. The van der Waals surface area contributed by atoms with Crippen LogP contribution in [0, 0.1) is 0 Å². The van der Waals surface area contributed by atoms with Crippen molar-refractivity contribution in [3.05, 3.63) is 0 Å². The van der Waals surface area contributed by atoms with E-state index >= 15 is 0 Å². The Kier molecular flexibility index (Phi) is 0.787. The zero-order valence-electron chi connectivity index (χ0n) is 13.5. The maximum absolute atomic E-state index is 11.3. The van der Waals surface area contributed by atoms with Crippen molar-refractivity contribution in [2.45, 2.75) is 26.1 Å². The van der Waals surface area contributed by atoms with E-state index in [4.69, 9.17) is 12.3 Å². The van der Waals surface area contributed by atoms with Crippen LogP contribution in [0.1, 0.15) is 32.9 Å². The summed E-state index contributed by atoms with van der Waals surface area (Å²) in [6.45, 7) is -10.2. The van der Waals surface area contributed by atoms with Gasteiger partial charge in [-0.2, -0.15) is 0 Å². The molecule has 0 spiro atoms. The molecule has 0 aliphatic heterocycles. The van der Waals surface area contributed by atoms with E-state index in [1.54, 1.807) is 27.9 Å². The Labute approximate surface area is 82.2 Å². The Morgan fingerprint density at radius 2 is 2.33 bits per heavy atom. The van der Waals surface area contributed by atoms with Crippen LogP contribution >= 0.6 is 22.6 Å². The second kappa shape index (κ2) is 3.39. The van der Waals surface area contributed by atoms with Crippen molar-refractivity contribution < 1.29 is 17.1 Å². The lowest BCUT2D eigenvalue weighted by Gasteiger charge is -2.19. The number of nitrogens with one attached hydrogen (secondary N) is 1. The lowest BCUT2D eigenvalue weighted by atomic mass is 10.1. The maximum Gasteiger partial charge on any atom is 0.230 e. The quantitative estimate of drug-likeness (QED) is 0.552. The summed E-state index contributed by atoms with van der Waals surface area (Å²) in [4.78, 5) is 11.3. The first-order chi connectivity index (χ1) is 7.70. The molecule has 0 unspecified atom stereocenters. The van der Waals surface area contributed by atoms with Crippen LogP contribution < -0.4 is 5.32 Å². The van der Waals surface area contributed by atoms with E-state index in [0.717, 1.165) is 0 Å². The van der Waals surface area contributed by atoms with Crippen LogP contribution in [-0.2, 0) is 4.79 Å². The standard InChI is InChI=1S/C6H12INO/c1-6(2,3)8-5(9)4-7/h4H2,1-3H3,(H,8,9)/i1D3,2D3,3D3. The van der Waals surface area contributed by atoms with Crippen LogP contribution in [-0.4, -0.2) is 15.9 Å². The zero-order valence-corrected chi connectivity index (χ0v) is 6.65. The third-order valence-electron chi connectivity index (χ3n) is 0.448. The molecule has 0 radical (unpaired) electrons. The molecular weight excluding hydrogens is 229 g/mol. The lowest BCUT2D eigenvalue weighted by Crippen LogP contribution is -2.41. The molecule has 9 heavy (non-hydrogen) atoms. The fourth-order valence-corrected chi connectivity index (χ4v) is 0.433. The van der Waals surface area contributed by atoms with Crippen molar-refractivity contribution in [3.63, 3.8) is 0 Å². The largest absolute Gasteiger partial charge is 0.351 e. The van der Waals surface area contributed by atoms with Gasteiger partial charge in [-0.3, -0.25) is 4.79 Å². The second-order valence-corrected chi connectivity index (χ2v) is 2.19. The van der Waals surface area contributed by atoms with E-state index in [1.165, 1.54) is 0 Å². The van der Waals surface area contributed by atoms with Crippen LogP contribution in [0.3, 0.4) is 0 Å². The van der Waals surface area contributed by atoms with Gasteiger partial charge < -0.3 is 5.32 Å². The molecule has 0 rings (SSSR count). The first kappa shape index (κ1) is 2.09. The Bertz CT molecular complexity index is 280. The van der Waals surface area contributed by atoms with Crippen molar-refractivity contribution in [2.24, 2.45) is 0 Å². The second-order valence-electron chi connectivity index (χ2n) is 1.43. The van der Waals surface area contributed by atoms with Crippen LogP contribution in [0.5, 0.6) is 0 Å². The first-order valence-electron chi connectivity index (χ1n) is 6.57. The van der Waals surface area contributed by atoms with Gasteiger partial charge in [-0.1, -0.05) is 22.6 Å².